The molecule has 0 amide bonds. The Morgan fingerprint density at radius 2 is 2.16 bits per heavy atom. The monoisotopic (exact) mass is 340 g/mol. The van der Waals surface area contributed by atoms with Crippen molar-refractivity contribution < 1.29 is 4.74 Å². The molecule has 3 nitrogen and oxygen atoms in total. The van der Waals surface area contributed by atoms with Crippen LogP contribution >= 0.6 is 27.5 Å². The maximum atomic E-state index is 6.04. The molecule has 0 aliphatic rings. The predicted molar refractivity (Wildman–Crippen MR) is 80.5 cm³/mol. The van der Waals surface area contributed by atoms with E-state index < -0.39 is 0 Å². The van der Waals surface area contributed by atoms with Gasteiger partial charge in [0.05, 0.1) is 5.02 Å². The van der Waals surface area contributed by atoms with Gasteiger partial charge in [0.25, 0.3) is 0 Å². The summed E-state index contributed by atoms with van der Waals surface area (Å²) in [5.74, 6) is 0.821. The van der Waals surface area contributed by atoms with Crippen molar-refractivity contribution in [3.63, 3.8) is 0 Å². The minimum absolute atomic E-state index is 0.433. The van der Waals surface area contributed by atoms with Crippen LogP contribution in [-0.2, 0) is 13.2 Å². The normalized spacial score (nSPS) is 10.5. The number of hydrogen-bond acceptors (Lipinski definition) is 3. The third-order valence-corrected chi connectivity index (χ3v) is 3.75. The molecule has 0 fully saturated rings. The van der Waals surface area contributed by atoms with E-state index in [1.807, 2.05) is 31.3 Å². The number of ether oxygens (including phenoxy) is 1. The molecule has 19 heavy (non-hydrogen) atoms. The number of halogens is 2. The first-order chi connectivity index (χ1) is 9.20. The van der Waals surface area contributed by atoms with E-state index >= 15 is 0 Å². The van der Waals surface area contributed by atoms with Crippen molar-refractivity contribution in [2.24, 2.45) is 0 Å². The molecule has 2 aromatic rings. The van der Waals surface area contributed by atoms with Gasteiger partial charge in [-0.2, -0.15) is 0 Å². The van der Waals surface area contributed by atoms with Gasteiger partial charge in [-0.25, -0.2) is 0 Å². The fourth-order valence-corrected chi connectivity index (χ4v) is 2.21. The second kappa shape index (κ2) is 6.89. The third-order valence-electron chi connectivity index (χ3n) is 2.64. The number of aromatic nitrogens is 1. The van der Waals surface area contributed by atoms with Crippen molar-refractivity contribution in [2.75, 3.05) is 7.05 Å². The van der Waals surface area contributed by atoms with Gasteiger partial charge in [-0.05, 0) is 36.9 Å². The van der Waals surface area contributed by atoms with Crippen molar-refractivity contribution in [3.05, 3.63) is 57.3 Å². The molecule has 2 rings (SSSR count). The average molecular weight is 342 g/mol. The zero-order valence-corrected chi connectivity index (χ0v) is 12.8. The fraction of sp³-hybridized carbons (Fsp3) is 0.214. The molecule has 0 saturated heterocycles. The predicted octanol–water partition coefficient (Wildman–Crippen LogP) is 3.80. The molecule has 1 N–H and O–H groups in total. The van der Waals surface area contributed by atoms with Crippen LogP contribution < -0.4 is 10.1 Å². The summed E-state index contributed by atoms with van der Waals surface area (Å²) in [5, 5.41) is 3.74. The van der Waals surface area contributed by atoms with Crippen LogP contribution in [0.3, 0.4) is 0 Å². The number of hydrogen-bond donors (Lipinski definition) is 1. The fourth-order valence-electron chi connectivity index (χ4n) is 1.65. The molecule has 0 bridgehead atoms. The molecule has 0 aliphatic heterocycles. The van der Waals surface area contributed by atoms with Crippen LogP contribution in [0, 0.1) is 0 Å². The van der Waals surface area contributed by atoms with Gasteiger partial charge in [-0.1, -0.05) is 27.5 Å². The van der Waals surface area contributed by atoms with Gasteiger partial charge in [0.1, 0.15) is 12.4 Å². The van der Waals surface area contributed by atoms with Crippen molar-refractivity contribution in [1.82, 2.24) is 10.3 Å². The van der Waals surface area contributed by atoms with Gasteiger partial charge in [-0.15, -0.1) is 0 Å². The largest absolute Gasteiger partial charge is 0.489 e. The first-order valence-corrected chi connectivity index (χ1v) is 7.02. The summed E-state index contributed by atoms with van der Waals surface area (Å²) in [6.07, 6.45) is 3.33. The van der Waals surface area contributed by atoms with Crippen LogP contribution in [-0.4, -0.2) is 12.0 Å². The van der Waals surface area contributed by atoms with E-state index in [0.717, 1.165) is 27.9 Å². The molecule has 0 saturated carbocycles. The Kier molecular flexibility index (Phi) is 5.19. The SMILES string of the molecule is CNCc1cc(OCc2ccncc2Cl)ccc1Br. The molecule has 0 aliphatic carbocycles. The Morgan fingerprint density at radius 3 is 2.89 bits per heavy atom. The quantitative estimate of drug-likeness (QED) is 0.898. The van der Waals surface area contributed by atoms with Crippen molar-refractivity contribution in [2.45, 2.75) is 13.2 Å². The zero-order chi connectivity index (χ0) is 13.7. The van der Waals surface area contributed by atoms with Crippen LogP contribution in [0.1, 0.15) is 11.1 Å². The molecular formula is C14H14BrClN2O. The Bertz CT molecular complexity index is 563. The summed E-state index contributed by atoms with van der Waals surface area (Å²) in [6.45, 7) is 1.22. The van der Waals surface area contributed by atoms with E-state index in [0.29, 0.717) is 11.6 Å². The minimum atomic E-state index is 0.433. The molecule has 100 valence electrons. The lowest BCUT2D eigenvalue weighted by Gasteiger charge is -2.10. The summed E-state index contributed by atoms with van der Waals surface area (Å²) in [7, 11) is 1.91. The Hall–Kier alpha value is -1.10. The summed E-state index contributed by atoms with van der Waals surface area (Å²) in [6, 6.07) is 7.78. The highest BCUT2D eigenvalue weighted by Crippen LogP contribution is 2.24. The molecule has 0 unspecified atom stereocenters. The lowest BCUT2D eigenvalue weighted by Crippen LogP contribution is -2.06. The van der Waals surface area contributed by atoms with E-state index in [9.17, 15) is 0 Å². The number of rotatable bonds is 5. The zero-order valence-electron chi connectivity index (χ0n) is 10.5. The summed E-state index contributed by atoms with van der Waals surface area (Å²) >= 11 is 9.55. The first kappa shape index (κ1) is 14.3. The van der Waals surface area contributed by atoms with Crippen LogP contribution in [0.25, 0.3) is 0 Å². The van der Waals surface area contributed by atoms with Gasteiger partial charge in [0, 0.05) is 29.0 Å². The van der Waals surface area contributed by atoms with E-state index in [1.165, 1.54) is 0 Å². The molecule has 1 heterocycles. The van der Waals surface area contributed by atoms with E-state index in [2.05, 4.69) is 26.2 Å². The number of nitrogens with one attached hydrogen (secondary N) is 1. The second-order valence-electron chi connectivity index (χ2n) is 4.04. The second-order valence-corrected chi connectivity index (χ2v) is 5.30. The Balaban J connectivity index is 2.07. The highest BCUT2D eigenvalue weighted by molar-refractivity contribution is 9.10. The smallest absolute Gasteiger partial charge is 0.120 e. The molecule has 1 aromatic heterocycles. The molecule has 0 spiro atoms. The van der Waals surface area contributed by atoms with Crippen LogP contribution in [0.2, 0.25) is 5.02 Å². The van der Waals surface area contributed by atoms with Gasteiger partial charge in [0.2, 0.25) is 0 Å². The van der Waals surface area contributed by atoms with E-state index in [1.54, 1.807) is 12.4 Å². The molecule has 0 atom stereocenters. The van der Waals surface area contributed by atoms with Crippen molar-refractivity contribution in [3.8, 4) is 5.75 Å². The van der Waals surface area contributed by atoms with Crippen LogP contribution in [0.15, 0.2) is 41.1 Å². The van der Waals surface area contributed by atoms with Gasteiger partial charge >= 0.3 is 0 Å². The van der Waals surface area contributed by atoms with Crippen molar-refractivity contribution >= 4 is 27.5 Å². The molecule has 1 aromatic carbocycles. The lowest BCUT2D eigenvalue weighted by atomic mass is 10.2. The number of benzene rings is 1. The van der Waals surface area contributed by atoms with Crippen LogP contribution in [0.5, 0.6) is 5.75 Å². The molecule has 5 heteroatoms. The van der Waals surface area contributed by atoms with Gasteiger partial charge in [-0.3, -0.25) is 4.98 Å². The minimum Gasteiger partial charge on any atom is -0.489 e. The summed E-state index contributed by atoms with van der Waals surface area (Å²) in [5.41, 5.74) is 2.08. The maximum Gasteiger partial charge on any atom is 0.120 e. The maximum absolute atomic E-state index is 6.04. The Labute approximate surface area is 126 Å². The lowest BCUT2D eigenvalue weighted by molar-refractivity contribution is 0.306. The topological polar surface area (TPSA) is 34.1 Å². The Morgan fingerprint density at radius 1 is 1.32 bits per heavy atom. The summed E-state index contributed by atoms with van der Waals surface area (Å²) < 4.78 is 6.82. The number of nitrogens with zero attached hydrogens (tertiary/aromatic N) is 1. The standard InChI is InChI=1S/C14H14BrClN2O/c1-17-7-11-6-12(2-3-13(11)15)19-9-10-4-5-18-8-14(10)16/h2-6,8,17H,7,9H2,1H3. The van der Waals surface area contributed by atoms with Gasteiger partial charge < -0.3 is 10.1 Å². The first-order valence-electron chi connectivity index (χ1n) is 5.85. The third kappa shape index (κ3) is 3.93. The highest BCUT2D eigenvalue weighted by atomic mass is 79.9. The summed E-state index contributed by atoms with van der Waals surface area (Å²) in [4.78, 5) is 3.95. The van der Waals surface area contributed by atoms with Gasteiger partial charge in [0.15, 0.2) is 0 Å². The molecular weight excluding hydrogens is 328 g/mol. The highest BCUT2D eigenvalue weighted by Gasteiger charge is 2.04. The molecule has 0 radical (unpaired) electrons. The average Bonchev–Trinajstić information content (AvgIpc) is 2.41. The van der Waals surface area contributed by atoms with E-state index in [4.69, 9.17) is 16.3 Å². The van der Waals surface area contributed by atoms with Crippen LogP contribution in [0.4, 0.5) is 0 Å². The van der Waals surface area contributed by atoms with E-state index in [-0.39, 0.29) is 0 Å². The van der Waals surface area contributed by atoms with Crippen molar-refractivity contribution in [1.29, 1.82) is 0 Å². The number of pyridine rings is 1.